The predicted molar refractivity (Wildman–Crippen MR) is 113 cm³/mol. The number of nitrogens with zero attached hydrogens (tertiary/aromatic N) is 2. The Kier molecular flexibility index (Phi) is 5.39. The van der Waals surface area contributed by atoms with Crippen molar-refractivity contribution in [3.05, 3.63) is 95.1 Å². The van der Waals surface area contributed by atoms with E-state index in [1.165, 1.54) is 24.3 Å². The van der Waals surface area contributed by atoms with Gasteiger partial charge in [-0.3, -0.25) is 9.78 Å². The van der Waals surface area contributed by atoms with E-state index in [9.17, 15) is 9.18 Å². The second kappa shape index (κ2) is 8.29. The van der Waals surface area contributed by atoms with Crippen LogP contribution < -0.4 is 10.1 Å². The van der Waals surface area contributed by atoms with Gasteiger partial charge in [0.15, 0.2) is 0 Å². The second-order valence-corrected chi connectivity index (χ2v) is 7.06. The molecule has 0 spiro atoms. The Morgan fingerprint density at radius 3 is 2.57 bits per heavy atom. The first kappa shape index (κ1) is 19.5. The second-order valence-electron chi connectivity index (χ2n) is 7.06. The first-order valence-electron chi connectivity index (χ1n) is 9.52. The third-order valence-corrected chi connectivity index (χ3v) is 4.69. The fourth-order valence-corrected chi connectivity index (χ4v) is 3.10. The van der Waals surface area contributed by atoms with Gasteiger partial charge < -0.3 is 10.1 Å². The van der Waals surface area contributed by atoms with E-state index in [4.69, 9.17) is 4.74 Å². The van der Waals surface area contributed by atoms with Gasteiger partial charge in [-0.15, -0.1) is 0 Å². The molecule has 6 heteroatoms. The summed E-state index contributed by atoms with van der Waals surface area (Å²) >= 11 is 0. The largest absolute Gasteiger partial charge is 0.439 e. The number of ether oxygens (including phenoxy) is 1. The fraction of sp³-hybridized carbons (Fsp3) is 0.125. The summed E-state index contributed by atoms with van der Waals surface area (Å²) in [6, 6.07) is 17.1. The molecule has 1 N–H and O–H groups in total. The van der Waals surface area contributed by atoms with E-state index in [-0.39, 0.29) is 11.7 Å². The number of rotatable bonds is 5. The van der Waals surface area contributed by atoms with Gasteiger partial charge in [0.1, 0.15) is 11.6 Å². The summed E-state index contributed by atoms with van der Waals surface area (Å²) < 4.78 is 18.5. The van der Waals surface area contributed by atoms with Crippen LogP contribution in [-0.4, -0.2) is 15.9 Å². The van der Waals surface area contributed by atoms with Crippen LogP contribution in [0.15, 0.2) is 66.9 Å². The van der Waals surface area contributed by atoms with Gasteiger partial charge in [0, 0.05) is 24.2 Å². The van der Waals surface area contributed by atoms with Crippen LogP contribution in [0.3, 0.4) is 0 Å². The van der Waals surface area contributed by atoms with Gasteiger partial charge in [-0.05, 0) is 61.9 Å². The minimum Gasteiger partial charge on any atom is -0.439 e. The van der Waals surface area contributed by atoms with E-state index in [2.05, 4.69) is 15.3 Å². The Labute approximate surface area is 173 Å². The summed E-state index contributed by atoms with van der Waals surface area (Å²) in [7, 11) is 0. The molecule has 4 rings (SSSR count). The summed E-state index contributed by atoms with van der Waals surface area (Å²) in [5, 5.41) is 3.85. The van der Waals surface area contributed by atoms with E-state index in [0.717, 1.165) is 22.0 Å². The topological polar surface area (TPSA) is 64.1 Å². The van der Waals surface area contributed by atoms with E-state index in [0.29, 0.717) is 29.4 Å². The standard InChI is InChI=1S/C24H20FN3O2/c1-15-3-9-22-18(11-15)12-21(16(2)28-22)24(29)27-14-17-4-10-23(26-13-17)30-20-7-5-19(25)6-8-20/h3-13H,14H2,1-2H3,(H,27,29). The molecule has 0 saturated heterocycles. The molecule has 2 aromatic heterocycles. The Bertz CT molecular complexity index is 1210. The Morgan fingerprint density at radius 1 is 1.03 bits per heavy atom. The summed E-state index contributed by atoms with van der Waals surface area (Å²) in [6.45, 7) is 4.17. The molecule has 150 valence electrons. The van der Waals surface area contributed by atoms with E-state index < -0.39 is 0 Å². The maximum Gasteiger partial charge on any atom is 0.253 e. The van der Waals surface area contributed by atoms with Gasteiger partial charge in [0.25, 0.3) is 5.91 Å². The lowest BCUT2D eigenvalue weighted by molar-refractivity contribution is 0.0950. The lowest BCUT2D eigenvalue weighted by Gasteiger charge is -2.10. The van der Waals surface area contributed by atoms with Crippen LogP contribution in [0.2, 0.25) is 0 Å². The molecule has 5 nitrogen and oxygen atoms in total. The molecule has 4 aromatic rings. The molecule has 0 unspecified atom stereocenters. The molecular formula is C24H20FN3O2. The van der Waals surface area contributed by atoms with Crippen molar-refractivity contribution in [1.82, 2.24) is 15.3 Å². The molecule has 0 saturated carbocycles. The molecule has 2 aromatic carbocycles. The average Bonchev–Trinajstić information content (AvgIpc) is 2.74. The average molecular weight is 401 g/mol. The Hall–Kier alpha value is -3.80. The number of amides is 1. The van der Waals surface area contributed by atoms with Crippen LogP contribution in [0.1, 0.15) is 27.2 Å². The van der Waals surface area contributed by atoms with Gasteiger partial charge in [-0.25, -0.2) is 9.37 Å². The molecule has 30 heavy (non-hydrogen) atoms. The highest BCUT2D eigenvalue weighted by Gasteiger charge is 2.12. The number of aryl methyl sites for hydroxylation is 2. The maximum atomic E-state index is 13.0. The highest BCUT2D eigenvalue weighted by atomic mass is 19.1. The van der Waals surface area contributed by atoms with Crippen molar-refractivity contribution in [3.8, 4) is 11.6 Å². The first-order chi connectivity index (χ1) is 14.5. The fourth-order valence-electron chi connectivity index (χ4n) is 3.10. The molecule has 0 fully saturated rings. The predicted octanol–water partition coefficient (Wildman–Crippen LogP) is 5.11. The van der Waals surface area contributed by atoms with Crippen LogP contribution in [-0.2, 0) is 6.54 Å². The lowest BCUT2D eigenvalue weighted by Crippen LogP contribution is -2.24. The number of aromatic nitrogens is 2. The smallest absolute Gasteiger partial charge is 0.253 e. The number of nitrogens with one attached hydrogen (secondary N) is 1. The number of fused-ring (bicyclic) bond motifs is 1. The van der Waals surface area contributed by atoms with Crippen molar-refractivity contribution >= 4 is 16.8 Å². The van der Waals surface area contributed by atoms with Crippen molar-refractivity contribution in [3.63, 3.8) is 0 Å². The zero-order valence-electron chi connectivity index (χ0n) is 16.6. The number of pyridine rings is 2. The van der Waals surface area contributed by atoms with Crippen LogP contribution in [0.5, 0.6) is 11.6 Å². The highest BCUT2D eigenvalue weighted by molar-refractivity contribution is 5.98. The van der Waals surface area contributed by atoms with Crippen molar-refractivity contribution < 1.29 is 13.9 Å². The van der Waals surface area contributed by atoms with Gasteiger partial charge in [0.05, 0.1) is 16.8 Å². The molecule has 0 bridgehead atoms. The van der Waals surface area contributed by atoms with E-state index in [1.54, 1.807) is 12.3 Å². The summed E-state index contributed by atoms with van der Waals surface area (Å²) in [4.78, 5) is 21.4. The lowest BCUT2D eigenvalue weighted by atomic mass is 10.1. The number of carbonyl (C=O) groups is 1. The van der Waals surface area contributed by atoms with Crippen molar-refractivity contribution in [2.75, 3.05) is 0 Å². The number of benzene rings is 2. The minimum absolute atomic E-state index is 0.185. The number of halogens is 1. The van der Waals surface area contributed by atoms with Crippen molar-refractivity contribution in [2.45, 2.75) is 20.4 Å². The summed E-state index contributed by atoms with van der Waals surface area (Å²) in [6.07, 6.45) is 1.63. The monoisotopic (exact) mass is 401 g/mol. The van der Waals surface area contributed by atoms with E-state index in [1.807, 2.05) is 44.2 Å². The number of hydrogen-bond donors (Lipinski definition) is 1. The Morgan fingerprint density at radius 2 is 1.83 bits per heavy atom. The minimum atomic E-state index is -0.326. The third kappa shape index (κ3) is 4.43. The first-order valence-corrected chi connectivity index (χ1v) is 9.52. The van der Waals surface area contributed by atoms with Crippen molar-refractivity contribution in [1.29, 1.82) is 0 Å². The molecule has 0 aliphatic carbocycles. The molecule has 1 amide bonds. The van der Waals surface area contributed by atoms with Gasteiger partial charge in [-0.1, -0.05) is 17.7 Å². The summed E-state index contributed by atoms with van der Waals surface area (Å²) in [5.74, 6) is 0.379. The Balaban J connectivity index is 1.41. The van der Waals surface area contributed by atoms with E-state index >= 15 is 0 Å². The number of carbonyl (C=O) groups excluding carboxylic acids is 1. The molecule has 0 radical (unpaired) electrons. The van der Waals surface area contributed by atoms with Crippen LogP contribution in [0.25, 0.3) is 10.9 Å². The maximum absolute atomic E-state index is 13.0. The van der Waals surface area contributed by atoms with Crippen LogP contribution in [0.4, 0.5) is 4.39 Å². The normalized spacial score (nSPS) is 10.8. The van der Waals surface area contributed by atoms with Gasteiger partial charge in [0.2, 0.25) is 5.88 Å². The highest BCUT2D eigenvalue weighted by Crippen LogP contribution is 2.20. The SMILES string of the molecule is Cc1ccc2nc(C)c(C(=O)NCc3ccc(Oc4ccc(F)cc4)nc3)cc2c1. The molecule has 0 aliphatic heterocycles. The number of hydrogen-bond acceptors (Lipinski definition) is 4. The summed E-state index contributed by atoms with van der Waals surface area (Å²) in [5.41, 5.74) is 4.06. The molecule has 2 heterocycles. The molecule has 0 aliphatic rings. The van der Waals surface area contributed by atoms with Crippen LogP contribution in [0, 0.1) is 19.7 Å². The quantitative estimate of drug-likeness (QED) is 0.505. The zero-order chi connectivity index (χ0) is 21.1. The van der Waals surface area contributed by atoms with Crippen LogP contribution >= 0.6 is 0 Å². The van der Waals surface area contributed by atoms with Gasteiger partial charge >= 0.3 is 0 Å². The zero-order valence-corrected chi connectivity index (χ0v) is 16.6. The molecule has 0 atom stereocenters. The van der Waals surface area contributed by atoms with Gasteiger partial charge in [-0.2, -0.15) is 0 Å². The van der Waals surface area contributed by atoms with Crippen molar-refractivity contribution in [2.24, 2.45) is 0 Å². The molecular weight excluding hydrogens is 381 g/mol. The third-order valence-electron chi connectivity index (χ3n) is 4.69.